The van der Waals surface area contributed by atoms with Crippen LogP contribution >= 0.6 is 0 Å². The van der Waals surface area contributed by atoms with E-state index in [-0.39, 0.29) is 24.4 Å². The predicted molar refractivity (Wildman–Crippen MR) is 125 cm³/mol. The first kappa shape index (κ1) is 24.0. The highest BCUT2D eigenvalue weighted by Gasteiger charge is 2.64. The first-order chi connectivity index (χ1) is 17.2. The lowest BCUT2D eigenvalue weighted by molar-refractivity contribution is -0.162. The molecule has 0 bridgehead atoms. The predicted octanol–water partition coefficient (Wildman–Crippen LogP) is 3.11. The molecule has 2 saturated heterocycles. The molecule has 3 aromatic rings. The van der Waals surface area contributed by atoms with Crippen LogP contribution in [0.15, 0.2) is 48.8 Å². The second-order valence-electron chi connectivity index (χ2n) is 9.97. The van der Waals surface area contributed by atoms with E-state index in [4.69, 9.17) is 29.4 Å². The fourth-order valence-corrected chi connectivity index (χ4v) is 4.39. The summed E-state index contributed by atoms with van der Waals surface area (Å²) in [5.41, 5.74) is 5.88. The summed E-state index contributed by atoms with van der Waals surface area (Å²) in [6.45, 7) is 5.82. The number of benzene rings is 1. The van der Waals surface area contributed by atoms with E-state index in [1.165, 1.54) is 10.8 Å². The number of hydrogen-bond acceptors (Lipinski definition) is 10. The zero-order chi connectivity index (χ0) is 25.5. The number of aromatic nitrogens is 3. The van der Waals surface area contributed by atoms with Crippen LogP contribution in [0.3, 0.4) is 0 Å². The quantitative estimate of drug-likeness (QED) is 0.527. The molecule has 5 atom stereocenters. The molecule has 1 aromatic carbocycles. The first-order valence-electron chi connectivity index (χ1n) is 11.5. The number of anilines is 1. The maximum atomic E-state index is 12.2. The summed E-state index contributed by atoms with van der Waals surface area (Å²) in [7, 11) is 0. The minimum Gasteiger partial charge on any atom is -0.434 e. The first-order valence-corrected chi connectivity index (χ1v) is 11.5. The van der Waals surface area contributed by atoms with E-state index in [9.17, 15) is 10.1 Å². The van der Waals surface area contributed by atoms with Crippen LogP contribution in [0.2, 0.25) is 0 Å². The van der Waals surface area contributed by atoms with Crippen molar-refractivity contribution in [3.05, 3.63) is 60.0 Å². The smallest absolute Gasteiger partial charge is 0.434 e. The molecule has 2 N–H and O–H groups in total. The van der Waals surface area contributed by atoms with Crippen molar-refractivity contribution in [3.63, 3.8) is 0 Å². The van der Waals surface area contributed by atoms with Gasteiger partial charge in [0.25, 0.3) is 0 Å². The van der Waals surface area contributed by atoms with Crippen molar-refractivity contribution in [3.8, 4) is 6.07 Å². The highest BCUT2D eigenvalue weighted by atomic mass is 16.8. The van der Waals surface area contributed by atoms with Gasteiger partial charge >= 0.3 is 6.16 Å². The van der Waals surface area contributed by atoms with Gasteiger partial charge in [0.1, 0.15) is 42.8 Å². The van der Waals surface area contributed by atoms with Crippen LogP contribution < -0.4 is 5.73 Å². The molecule has 2 aliphatic rings. The van der Waals surface area contributed by atoms with Crippen molar-refractivity contribution < 1.29 is 28.5 Å². The molecule has 0 radical (unpaired) electrons. The van der Waals surface area contributed by atoms with Crippen LogP contribution in [0.25, 0.3) is 5.52 Å². The second-order valence-corrected chi connectivity index (χ2v) is 9.97. The molecule has 2 aromatic heterocycles. The van der Waals surface area contributed by atoms with Crippen molar-refractivity contribution in [2.45, 2.75) is 51.0 Å². The van der Waals surface area contributed by atoms with Crippen molar-refractivity contribution in [1.82, 2.24) is 14.6 Å². The van der Waals surface area contributed by atoms with Gasteiger partial charge in [-0.15, -0.1) is 0 Å². The van der Waals surface area contributed by atoms with Gasteiger partial charge in [-0.05, 0) is 17.5 Å². The maximum absolute atomic E-state index is 12.2. The zero-order valence-corrected chi connectivity index (χ0v) is 20.2. The molecule has 0 aliphatic carbocycles. The third kappa shape index (κ3) is 4.24. The lowest BCUT2D eigenvalue weighted by Gasteiger charge is -2.27. The van der Waals surface area contributed by atoms with Crippen molar-refractivity contribution in [2.24, 2.45) is 5.41 Å². The average Bonchev–Trinajstić information content (AvgIpc) is 3.56. The van der Waals surface area contributed by atoms with Crippen LogP contribution in [-0.2, 0) is 29.3 Å². The van der Waals surface area contributed by atoms with Gasteiger partial charge in [-0.3, -0.25) is 0 Å². The Kier molecular flexibility index (Phi) is 6.04. The fraction of sp³-hybridized carbons (Fsp3) is 0.440. The number of nitrogen functional groups attached to an aromatic ring is 1. The Hall–Kier alpha value is -3.72. The molecule has 5 rings (SSSR count). The number of ether oxygens (including phenoxy) is 5. The van der Waals surface area contributed by atoms with Crippen LogP contribution in [0.1, 0.15) is 38.3 Å². The summed E-state index contributed by atoms with van der Waals surface area (Å²) >= 11 is 0. The molecule has 0 amide bonds. The molecular weight excluding hydrogens is 466 g/mol. The molecule has 0 spiro atoms. The Balaban J connectivity index is 1.46. The Morgan fingerprint density at radius 1 is 1.19 bits per heavy atom. The van der Waals surface area contributed by atoms with Crippen LogP contribution in [0.4, 0.5) is 10.6 Å². The summed E-state index contributed by atoms with van der Waals surface area (Å²) in [4.78, 5) is 16.2. The van der Waals surface area contributed by atoms with E-state index in [2.05, 4.69) is 16.2 Å². The normalized spacial score (nSPS) is 27.5. The summed E-state index contributed by atoms with van der Waals surface area (Å²) in [5, 5.41) is 14.7. The van der Waals surface area contributed by atoms with E-state index in [0.29, 0.717) is 11.2 Å². The van der Waals surface area contributed by atoms with Crippen LogP contribution in [-0.4, -0.2) is 52.3 Å². The lowest BCUT2D eigenvalue weighted by Crippen LogP contribution is -2.39. The van der Waals surface area contributed by atoms with E-state index < -0.39 is 36.4 Å². The van der Waals surface area contributed by atoms with Gasteiger partial charge in [-0.25, -0.2) is 14.3 Å². The number of carbonyl (C=O) groups excluding carboxylic acids is 1. The van der Waals surface area contributed by atoms with E-state index in [0.717, 1.165) is 5.56 Å². The van der Waals surface area contributed by atoms with E-state index in [1.807, 2.05) is 51.1 Å². The van der Waals surface area contributed by atoms with Crippen molar-refractivity contribution >= 4 is 17.5 Å². The van der Waals surface area contributed by atoms with Gasteiger partial charge in [0.05, 0.1) is 12.3 Å². The minimum absolute atomic E-state index is 0.193. The van der Waals surface area contributed by atoms with Gasteiger partial charge in [-0.2, -0.15) is 10.4 Å². The number of nitrogens with zero attached hydrogens (tertiary/aromatic N) is 4. The number of hydrogen-bond donors (Lipinski definition) is 1. The third-order valence-corrected chi connectivity index (χ3v) is 6.04. The lowest BCUT2D eigenvalue weighted by atomic mass is 9.92. The Morgan fingerprint density at radius 3 is 2.69 bits per heavy atom. The Morgan fingerprint density at radius 2 is 1.97 bits per heavy atom. The third-order valence-electron chi connectivity index (χ3n) is 6.04. The highest BCUT2D eigenvalue weighted by molar-refractivity contribution is 5.66. The Labute approximate surface area is 207 Å². The monoisotopic (exact) mass is 493 g/mol. The van der Waals surface area contributed by atoms with Gasteiger partial charge in [0, 0.05) is 5.56 Å². The SMILES string of the molecule is CC(C)(C)COC(=O)OC[C@H]1O[C@@](C#N)(c2ccc3c(N)ncnn23)[C@@H]2OC(c3ccccc3)O[C@@H]21. The van der Waals surface area contributed by atoms with Crippen molar-refractivity contribution in [2.75, 3.05) is 18.9 Å². The average molecular weight is 494 g/mol. The van der Waals surface area contributed by atoms with E-state index in [1.54, 1.807) is 12.1 Å². The standard InChI is InChI=1S/C25H27N5O6/c1-24(2,3)13-33-23(31)32-11-17-19-20(35-22(34-19)15-7-5-4-6-8-15)25(12-26,36-17)18-10-9-16-21(27)28-14-29-30(16)18/h4-10,14,17,19-20,22H,11,13H2,1-3H3,(H2,27,28,29)/t17-,19-,20-,22?,25+/m1/s1. The number of rotatable bonds is 5. The summed E-state index contributed by atoms with van der Waals surface area (Å²) in [6.07, 6.45) is -2.63. The molecule has 1 unspecified atom stereocenters. The molecule has 11 nitrogen and oxygen atoms in total. The topological polar surface area (TPSA) is 143 Å². The molecule has 36 heavy (non-hydrogen) atoms. The van der Waals surface area contributed by atoms with Gasteiger partial charge in [-0.1, -0.05) is 51.1 Å². The minimum atomic E-state index is -1.62. The summed E-state index contributed by atoms with van der Waals surface area (Å²) in [6, 6.07) is 15.1. The largest absolute Gasteiger partial charge is 0.508 e. The maximum Gasteiger partial charge on any atom is 0.508 e. The molecular formula is C25H27N5O6. The molecule has 4 heterocycles. The van der Waals surface area contributed by atoms with Gasteiger partial charge in [0.2, 0.25) is 5.60 Å². The summed E-state index contributed by atoms with van der Waals surface area (Å²) in [5.74, 6) is 0.256. The fourth-order valence-electron chi connectivity index (χ4n) is 4.39. The molecule has 11 heteroatoms. The molecule has 188 valence electrons. The van der Waals surface area contributed by atoms with Gasteiger partial charge < -0.3 is 29.4 Å². The van der Waals surface area contributed by atoms with E-state index >= 15 is 0 Å². The van der Waals surface area contributed by atoms with Crippen molar-refractivity contribution in [1.29, 1.82) is 5.26 Å². The number of fused-ring (bicyclic) bond motifs is 2. The molecule has 0 saturated carbocycles. The van der Waals surface area contributed by atoms with Crippen LogP contribution in [0, 0.1) is 16.7 Å². The number of carbonyl (C=O) groups is 1. The van der Waals surface area contributed by atoms with Gasteiger partial charge in [0.15, 0.2) is 12.1 Å². The molecule has 2 fully saturated rings. The Bertz CT molecular complexity index is 1300. The second kappa shape index (κ2) is 9.05. The van der Waals surface area contributed by atoms with Crippen LogP contribution in [0.5, 0.6) is 0 Å². The number of nitriles is 1. The summed E-state index contributed by atoms with van der Waals surface area (Å²) < 4.78 is 30.8. The number of nitrogens with two attached hydrogens (primary N) is 1. The zero-order valence-electron chi connectivity index (χ0n) is 20.2. The highest BCUT2D eigenvalue weighted by Crippen LogP contribution is 2.50. The molecule has 2 aliphatic heterocycles.